The van der Waals surface area contributed by atoms with Gasteiger partial charge in [-0.25, -0.2) is 0 Å². The summed E-state index contributed by atoms with van der Waals surface area (Å²) in [6.07, 6.45) is 4.04. The van der Waals surface area contributed by atoms with Gasteiger partial charge in [0.05, 0.1) is 6.10 Å². The second kappa shape index (κ2) is 9.56. The quantitative estimate of drug-likeness (QED) is 0.790. The topological polar surface area (TPSA) is 41.6 Å². The number of carbonyl (C=O) groups is 1. The summed E-state index contributed by atoms with van der Waals surface area (Å²) in [4.78, 5) is 15.0. The zero-order valence-corrected chi connectivity index (χ0v) is 16.4. The van der Waals surface area contributed by atoms with Gasteiger partial charge in [-0.15, -0.1) is 0 Å². The molecular weight excluding hydrogens is 336 g/mol. The molecule has 1 aliphatic rings. The van der Waals surface area contributed by atoms with Crippen molar-refractivity contribution >= 4 is 5.91 Å². The normalized spacial score (nSPS) is 14.9. The van der Waals surface area contributed by atoms with Crippen molar-refractivity contribution in [1.29, 1.82) is 0 Å². The third-order valence-electron chi connectivity index (χ3n) is 4.89. The molecule has 1 fully saturated rings. The van der Waals surface area contributed by atoms with Gasteiger partial charge in [0.1, 0.15) is 5.75 Å². The van der Waals surface area contributed by atoms with Crippen LogP contribution in [0, 0.1) is 0 Å². The summed E-state index contributed by atoms with van der Waals surface area (Å²) in [5, 5.41) is 3.05. The standard InChI is InChI=1S/C23H30N2O2/c1-18(2)27-22-12-10-19(11-13-22)23(26)24-16-20-8-4-5-9-21(20)17-25-14-6-3-7-15-25/h4-5,8-13,18H,3,6-7,14-17H2,1-2H3,(H,24,26). The van der Waals surface area contributed by atoms with Crippen LogP contribution in [0.4, 0.5) is 0 Å². The maximum absolute atomic E-state index is 12.5. The van der Waals surface area contributed by atoms with Crippen molar-refractivity contribution in [3.05, 3.63) is 65.2 Å². The van der Waals surface area contributed by atoms with Crippen LogP contribution in [0.25, 0.3) is 0 Å². The summed E-state index contributed by atoms with van der Waals surface area (Å²) >= 11 is 0. The lowest BCUT2D eigenvalue weighted by Crippen LogP contribution is -2.30. The molecule has 0 atom stereocenters. The molecule has 0 unspecified atom stereocenters. The van der Waals surface area contributed by atoms with E-state index >= 15 is 0 Å². The molecule has 144 valence electrons. The van der Waals surface area contributed by atoms with Crippen LogP contribution >= 0.6 is 0 Å². The molecule has 4 heteroatoms. The number of hydrogen-bond donors (Lipinski definition) is 1. The van der Waals surface area contributed by atoms with Crippen LogP contribution in [0.15, 0.2) is 48.5 Å². The van der Waals surface area contributed by atoms with Crippen LogP contribution < -0.4 is 10.1 Å². The van der Waals surface area contributed by atoms with Crippen molar-refractivity contribution in [1.82, 2.24) is 10.2 Å². The third-order valence-corrected chi connectivity index (χ3v) is 4.89. The molecule has 1 amide bonds. The fraction of sp³-hybridized carbons (Fsp3) is 0.435. The lowest BCUT2D eigenvalue weighted by atomic mass is 10.0. The van der Waals surface area contributed by atoms with Gasteiger partial charge < -0.3 is 10.1 Å². The van der Waals surface area contributed by atoms with Crippen LogP contribution in [-0.2, 0) is 13.1 Å². The molecule has 3 rings (SSSR count). The van der Waals surface area contributed by atoms with E-state index in [1.165, 1.54) is 43.5 Å². The number of piperidine rings is 1. The lowest BCUT2D eigenvalue weighted by Gasteiger charge is -2.27. The van der Waals surface area contributed by atoms with Gasteiger partial charge in [-0.2, -0.15) is 0 Å². The summed E-state index contributed by atoms with van der Waals surface area (Å²) in [5.74, 6) is 0.729. The molecule has 0 aromatic heterocycles. The predicted octanol–water partition coefficient (Wildman–Crippen LogP) is 4.39. The predicted molar refractivity (Wildman–Crippen MR) is 109 cm³/mol. The lowest BCUT2D eigenvalue weighted by molar-refractivity contribution is 0.0950. The molecule has 1 N–H and O–H groups in total. The molecule has 0 radical (unpaired) electrons. The second-order valence-corrected chi connectivity index (χ2v) is 7.48. The van der Waals surface area contributed by atoms with Crippen molar-refractivity contribution < 1.29 is 9.53 Å². The highest BCUT2D eigenvalue weighted by molar-refractivity contribution is 5.94. The Balaban J connectivity index is 1.58. The summed E-state index contributed by atoms with van der Waals surface area (Å²) in [6, 6.07) is 15.7. The Hall–Kier alpha value is -2.33. The van der Waals surface area contributed by atoms with Gasteiger partial charge in [-0.3, -0.25) is 9.69 Å². The third kappa shape index (κ3) is 5.83. The van der Waals surface area contributed by atoms with Crippen LogP contribution in [0.3, 0.4) is 0 Å². The van der Waals surface area contributed by atoms with E-state index in [1.807, 2.05) is 44.2 Å². The Kier molecular flexibility index (Phi) is 6.88. The highest BCUT2D eigenvalue weighted by Gasteiger charge is 2.13. The molecule has 27 heavy (non-hydrogen) atoms. The van der Waals surface area contributed by atoms with Gasteiger partial charge in [-0.1, -0.05) is 30.7 Å². The monoisotopic (exact) mass is 366 g/mol. The highest BCUT2D eigenvalue weighted by atomic mass is 16.5. The molecule has 0 spiro atoms. The Morgan fingerprint density at radius 1 is 1.00 bits per heavy atom. The SMILES string of the molecule is CC(C)Oc1ccc(C(=O)NCc2ccccc2CN2CCCCC2)cc1. The van der Waals surface area contributed by atoms with E-state index in [1.54, 1.807) is 0 Å². The number of ether oxygens (including phenoxy) is 1. The zero-order valence-electron chi connectivity index (χ0n) is 16.4. The molecular formula is C23H30N2O2. The zero-order chi connectivity index (χ0) is 19.1. The largest absolute Gasteiger partial charge is 0.491 e. The fourth-order valence-corrected chi connectivity index (χ4v) is 3.48. The van der Waals surface area contributed by atoms with E-state index in [2.05, 4.69) is 28.4 Å². The van der Waals surface area contributed by atoms with Gasteiger partial charge in [0, 0.05) is 18.7 Å². The van der Waals surface area contributed by atoms with Crippen molar-refractivity contribution in [2.75, 3.05) is 13.1 Å². The molecule has 1 aliphatic heterocycles. The summed E-state index contributed by atoms with van der Waals surface area (Å²) in [6.45, 7) is 7.83. The highest BCUT2D eigenvalue weighted by Crippen LogP contribution is 2.17. The number of benzene rings is 2. The van der Waals surface area contributed by atoms with Crippen LogP contribution in [0.2, 0.25) is 0 Å². The average Bonchev–Trinajstić information content (AvgIpc) is 2.68. The number of amides is 1. The molecule has 0 aliphatic carbocycles. The molecule has 2 aromatic carbocycles. The van der Waals surface area contributed by atoms with Crippen molar-refractivity contribution in [3.8, 4) is 5.75 Å². The number of nitrogens with zero attached hydrogens (tertiary/aromatic N) is 1. The van der Waals surface area contributed by atoms with Gasteiger partial charge in [-0.05, 0) is 75.2 Å². The molecule has 0 bridgehead atoms. The number of likely N-dealkylation sites (tertiary alicyclic amines) is 1. The van der Waals surface area contributed by atoms with Crippen LogP contribution in [0.1, 0.15) is 54.6 Å². The number of nitrogens with one attached hydrogen (secondary N) is 1. The van der Waals surface area contributed by atoms with Gasteiger partial charge in [0.15, 0.2) is 0 Å². The molecule has 1 heterocycles. The van der Waals surface area contributed by atoms with E-state index in [0.29, 0.717) is 12.1 Å². The summed E-state index contributed by atoms with van der Waals surface area (Å²) in [5.41, 5.74) is 3.15. The van der Waals surface area contributed by atoms with E-state index in [0.717, 1.165) is 12.3 Å². The van der Waals surface area contributed by atoms with Crippen molar-refractivity contribution in [3.63, 3.8) is 0 Å². The van der Waals surface area contributed by atoms with E-state index in [-0.39, 0.29) is 12.0 Å². The fourth-order valence-electron chi connectivity index (χ4n) is 3.48. The second-order valence-electron chi connectivity index (χ2n) is 7.48. The van der Waals surface area contributed by atoms with Crippen molar-refractivity contribution in [2.45, 2.75) is 52.3 Å². The minimum absolute atomic E-state index is 0.0566. The maximum atomic E-state index is 12.5. The summed E-state index contributed by atoms with van der Waals surface area (Å²) < 4.78 is 5.63. The molecule has 0 saturated carbocycles. The van der Waals surface area contributed by atoms with Crippen molar-refractivity contribution in [2.24, 2.45) is 0 Å². The molecule has 2 aromatic rings. The number of rotatable bonds is 7. The Labute approximate surface area is 162 Å². The number of carbonyl (C=O) groups excluding carboxylic acids is 1. The smallest absolute Gasteiger partial charge is 0.251 e. The first-order valence-corrected chi connectivity index (χ1v) is 9.96. The van der Waals surface area contributed by atoms with Gasteiger partial charge in [0.2, 0.25) is 0 Å². The minimum Gasteiger partial charge on any atom is -0.491 e. The van der Waals surface area contributed by atoms with Gasteiger partial charge >= 0.3 is 0 Å². The summed E-state index contributed by atoms with van der Waals surface area (Å²) in [7, 11) is 0. The van der Waals surface area contributed by atoms with Crippen LogP contribution in [-0.4, -0.2) is 30.0 Å². The first-order chi connectivity index (χ1) is 13.1. The van der Waals surface area contributed by atoms with Crippen LogP contribution in [0.5, 0.6) is 5.75 Å². The van der Waals surface area contributed by atoms with E-state index in [4.69, 9.17) is 4.74 Å². The van der Waals surface area contributed by atoms with E-state index in [9.17, 15) is 4.79 Å². The maximum Gasteiger partial charge on any atom is 0.251 e. The Morgan fingerprint density at radius 3 is 2.33 bits per heavy atom. The van der Waals surface area contributed by atoms with E-state index < -0.39 is 0 Å². The molecule has 1 saturated heterocycles. The Bertz CT molecular complexity index is 734. The minimum atomic E-state index is -0.0566. The number of hydrogen-bond acceptors (Lipinski definition) is 3. The molecule has 4 nitrogen and oxygen atoms in total. The van der Waals surface area contributed by atoms with Gasteiger partial charge in [0.25, 0.3) is 5.91 Å². The first kappa shape index (κ1) is 19.4. The Morgan fingerprint density at radius 2 is 1.67 bits per heavy atom. The first-order valence-electron chi connectivity index (χ1n) is 9.96. The average molecular weight is 367 g/mol.